The Balaban J connectivity index is 1.04. The lowest BCUT2D eigenvalue weighted by atomic mass is 9.82. The molecule has 1 aromatic heterocycles. The van der Waals surface area contributed by atoms with Crippen molar-refractivity contribution in [2.45, 2.75) is 0 Å². The molecule has 0 aliphatic heterocycles. The summed E-state index contributed by atoms with van der Waals surface area (Å²) in [6, 6.07) is 84.3. The van der Waals surface area contributed by atoms with E-state index in [4.69, 9.17) is 15.0 Å². The van der Waals surface area contributed by atoms with E-state index in [1.807, 2.05) is 18.2 Å². The van der Waals surface area contributed by atoms with E-state index in [1.165, 1.54) is 65.7 Å². The van der Waals surface area contributed by atoms with Crippen LogP contribution >= 0.6 is 0 Å². The fraction of sp³-hybridized carbons (Fsp3) is 0. The first-order valence-corrected chi connectivity index (χ1v) is 21.8. The van der Waals surface area contributed by atoms with Crippen molar-refractivity contribution in [3.05, 3.63) is 237 Å². The normalized spacial score (nSPS) is 11.4. The number of fused-ring (bicyclic) bond motifs is 4. The second-order valence-electron chi connectivity index (χ2n) is 16.2. The van der Waals surface area contributed by atoms with Crippen molar-refractivity contribution < 1.29 is 0 Å². The molecule has 0 saturated heterocycles. The lowest BCUT2D eigenvalue weighted by Crippen LogP contribution is -2.01. The Hall–Kier alpha value is -8.53. The summed E-state index contributed by atoms with van der Waals surface area (Å²) in [6.07, 6.45) is 0. The minimum Gasteiger partial charge on any atom is -0.208 e. The molecule has 0 amide bonds. The summed E-state index contributed by atoms with van der Waals surface area (Å²) in [4.78, 5) is 15.6. The fourth-order valence-electron chi connectivity index (χ4n) is 9.61. The molecule has 1 heterocycles. The highest BCUT2D eigenvalue weighted by molar-refractivity contribution is 6.25. The third-order valence-electron chi connectivity index (χ3n) is 12.6. The molecular formula is C61H39N3. The highest BCUT2D eigenvalue weighted by Gasteiger charge is 2.22. The van der Waals surface area contributed by atoms with Crippen molar-refractivity contribution in [2.75, 3.05) is 0 Å². The molecule has 0 unspecified atom stereocenters. The SMILES string of the molecule is c1ccc(-c2nc(-c3ccc(-c4cccc5ccccc45)cc3)nc(-c3ccc(-c4c5ccccc5c(-c5ccccc5-c5ccccc5)c5ccccc45)c4ccccc34)n2)cc1. The molecule has 0 spiro atoms. The highest BCUT2D eigenvalue weighted by Crippen LogP contribution is 2.48. The van der Waals surface area contributed by atoms with Gasteiger partial charge in [-0.3, -0.25) is 0 Å². The molecule has 0 N–H and O–H groups in total. The summed E-state index contributed by atoms with van der Waals surface area (Å²) in [6.45, 7) is 0. The van der Waals surface area contributed by atoms with Gasteiger partial charge in [-0.2, -0.15) is 0 Å². The number of aromatic nitrogens is 3. The summed E-state index contributed by atoms with van der Waals surface area (Å²) in [7, 11) is 0. The van der Waals surface area contributed by atoms with Crippen molar-refractivity contribution in [2.24, 2.45) is 0 Å². The zero-order valence-electron chi connectivity index (χ0n) is 34.9. The lowest BCUT2D eigenvalue weighted by Gasteiger charge is -2.21. The summed E-state index contributed by atoms with van der Waals surface area (Å²) in [5.41, 5.74) is 12.4. The Kier molecular flexibility index (Phi) is 9.16. The number of rotatable bonds is 7. The lowest BCUT2D eigenvalue weighted by molar-refractivity contribution is 1.08. The predicted octanol–water partition coefficient (Wildman–Crippen LogP) is 16.2. The van der Waals surface area contributed by atoms with Crippen LogP contribution in [-0.4, -0.2) is 15.0 Å². The standard InChI is InChI=1S/C61H39N3/c1-3-18-40(19-4-1)47-25-9-12-28-50(47)57-51-29-13-15-31-53(51)58(54-32-16-14-30-52(54)57)55-38-39-56(49-27-11-10-26-48(49)55)61-63-59(43-21-5-2-6-22-43)62-60(64-61)44-36-34-42(35-37-44)46-33-17-23-41-20-7-8-24-45(41)46/h1-39H. The molecular weight excluding hydrogens is 775 g/mol. The second kappa shape index (κ2) is 15.7. The first-order chi connectivity index (χ1) is 31.8. The minimum atomic E-state index is 0.629. The Bertz CT molecular complexity index is 3650. The van der Waals surface area contributed by atoms with Gasteiger partial charge in [0, 0.05) is 16.7 Å². The highest BCUT2D eigenvalue weighted by atomic mass is 15.0. The van der Waals surface area contributed by atoms with E-state index in [0.717, 1.165) is 38.6 Å². The zero-order chi connectivity index (χ0) is 42.4. The molecule has 11 aromatic carbocycles. The monoisotopic (exact) mass is 813 g/mol. The van der Waals surface area contributed by atoms with Crippen LogP contribution in [0.1, 0.15) is 0 Å². The fourth-order valence-corrected chi connectivity index (χ4v) is 9.61. The van der Waals surface area contributed by atoms with E-state index in [0.29, 0.717) is 17.5 Å². The third kappa shape index (κ3) is 6.42. The molecule has 3 nitrogen and oxygen atoms in total. The van der Waals surface area contributed by atoms with Gasteiger partial charge in [-0.05, 0) is 93.7 Å². The van der Waals surface area contributed by atoms with Crippen LogP contribution < -0.4 is 0 Å². The number of nitrogens with zero attached hydrogens (tertiary/aromatic N) is 3. The predicted molar refractivity (Wildman–Crippen MR) is 268 cm³/mol. The van der Waals surface area contributed by atoms with Crippen LogP contribution in [0.3, 0.4) is 0 Å². The van der Waals surface area contributed by atoms with Crippen LogP contribution in [0.4, 0.5) is 0 Å². The molecule has 0 radical (unpaired) electrons. The quantitative estimate of drug-likeness (QED) is 0.150. The van der Waals surface area contributed by atoms with E-state index in [1.54, 1.807) is 0 Å². The van der Waals surface area contributed by atoms with Crippen LogP contribution in [-0.2, 0) is 0 Å². The van der Waals surface area contributed by atoms with Crippen LogP contribution in [0.5, 0.6) is 0 Å². The van der Waals surface area contributed by atoms with Crippen molar-refractivity contribution in [1.82, 2.24) is 15.0 Å². The van der Waals surface area contributed by atoms with Gasteiger partial charge in [0.2, 0.25) is 0 Å². The Morgan fingerprint density at radius 1 is 0.188 bits per heavy atom. The number of hydrogen-bond acceptors (Lipinski definition) is 3. The second-order valence-corrected chi connectivity index (χ2v) is 16.2. The van der Waals surface area contributed by atoms with E-state index in [-0.39, 0.29) is 0 Å². The molecule has 12 rings (SSSR count). The maximum Gasteiger partial charge on any atom is 0.164 e. The van der Waals surface area contributed by atoms with Gasteiger partial charge in [0.25, 0.3) is 0 Å². The van der Waals surface area contributed by atoms with Gasteiger partial charge < -0.3 is 0 Å². The molecule has 64 heavy (non-hydrogen) atoms. The van der Waals surface area contributed by atoms with E-state index >= 15 is 0 Å². The van der Waals surface area contributed by atoms with Crippen molar-refractivity contribution in [3.8, 4) is 78.7 Å². The van der Waals surface area contributed by atoms with Crippen LogP contribution in [0.2, 0.25) is 0 Å². The molecule has 12 aromatic rings. The molecule has 298 valence electrons. The molecule has 0 aliphatic rings. The summed E-state index contributed by atoms with van der Waals surface area (Å²) in [5.74, 6) is 1.90. The molecule has 0 aliphatic carbocycles. The van der Waals surface area contributed by atoms with E-state index in [9.17, 15) is 0 Å². The van der Waals surface area contributed by atoms with Crippen LogP contribution in [0.15, 0.2) is 237 Å². The van der Waals surface area contributed by atoms with Gasteiger partial charge >= 0.3 is 0 Å². The molecule has 0 bridgehead atoms. The van der Waals surface area contributed by atoms with E-state index in [2.05, 4.69) is 218 Å². The van der Waals surface area contributed by atoms with Crippen molar-refractivity contribution >= 4 is 43.1 Å². The maximum absolute atomic E-state index is 5.26. The molecule has 0 atom stereocenters. The Labute approximate surface area is 371 Å². The maximum atomic E-state index is 5.26. The topological polar surface area (TPSA) is 38.7 Å². The number of hydrogen-bond donors (Lipinski definition) is 0. The van der Waals surface area contributed by atoms with Gasteiger partial charge in [0.1, 0.15) is 0 Å². The van der Waals surface area contributed by atoms with Crippen LogP contribution in [0, 0.1) is 0 Å². The Morgan fingerprint density at radius 2 is 0.562 bits per heavy atom. The van der Waals surface area contributed by atoms with E-state index < -0.39 is 0 Å². The first-order valence-electron chi connectivity index (χ1n) is 21.8. The number of benzene rings is 11. The van der Waals surface area contributed by atoms with Crippen LogP contribution in [0.25, 0.3) is 122 Å². The van der Waals surface area contributed by atoms with Gasteiger partial charge in [0.05, 0.1) is 0 Å². The third-order valence-corrected chi connectivity index (χ3v) is 12.6. The van der Waals surface area contributed by atoms with Gasteiger partial charge in [-0.25, -0.2) is 15.0 Å². The summed E-state index contributed by atoms with van der Waals surface area (Å²) >= 11 is 0. The average Bonchev–Trinajstić information content (AvgIpc) is 3.38. The molecule has 3 heteroatoms. The average molecular weight is 814 g/mol. The van der Waals surface area contributed by atoms with Gasteiger partial charge in [0.15, 0.2) is 17.5 Å². The first kappa shape index (κ1) is 37.2. The Morgan fingerprint density at radius 3 is 1.19 bits per heavy atom. The van der Waals surface area contributed by atoms with Gasteiger partial charge in [-0.15, -0.1) is 0 Å². The minimum absolute atomic E-state index is 0.629. The molecule has 0 saturated carbocycles. The summed E-state index contributed by atoms with van der Waals surface area (Å²) < 4.78 is 0. The van der Waals surface area contributed by atoms with Crippen molar-refractivity contribution in [1.29, 1.82) is 0 Å². The van der Waals surface area contributed by atoms with Gasteiger partial charge in [-0.1, -0.05) is 231 Å². The molecule has 0 fully saturated rings. The smallest absolute Gasteiger partial charge is 0.164 e. The van der Waals surface area contributed by atoms with Crippen molar-refractivity contribution in [3.63, 3.8) is 0 Å². The zero-order valence-corrected chi connectivity index (χ0v) is 34.9. The summed E-state index contributed by atoms with van der Waals surface area (Å²) in [5, 5.41) is 9.51. The largest absolute Gasteiger partial charge is 0.208 e.